The number of aryl methyl sites for hydroxylation is 1. The van der Waals surface area contributed by atoms with Gasteiger partial charge in [-0.25, -0.2) is 0 Å². The van der Waals surface area contributed by atoms with Crippen LogP contribution in [0.1, 0.15) is 31.1 Å². The maximum Gasteiger partial charge on any atom is 0.224 e. The Morgan fingerprint density at radius 3 is 2.73 bits per heavy atom. The molecular weight excluding hydrogens is 482 g/mol. The number of fused-ring (bicyclic) bond motifs is 2. The van der Waals surface area contributed by atoms with Gasteiger partial charge in [-0.15, -0.1) is 11.3 Å². The van der Waals surface area contributed by atoms with E-state index in [1.54, 1.807) is 29.9 Å². The minimum atomic E-state index is -0.00767. The number of nitrogens with one attached hydrogen (secondary N) is 3. The first-order valence-electron chi connectivity index (χ1n) is 12.2. The average molecular weight is 508 g/mol. The van der Waals surface area contributed by atoms with Crippen LogP contribution in [0.25, 0.3) is 55.0 Å². The molecule has 37 heavy (non-hydrogen) atoms. The molecule has 6 aromatic rings. The molecule has 0 saturated heterocycles. The molecule has 6 aromatic heterocycles. The van der Waals surface area contributed by atoms with Gasteiger partial charge in [0.2, 0.25) is 5.91 Å². The van der Waals surface area contributed by atoms with Crippen molar-refractivity contribution < 1.29 is 4.79 Å². The van der Waals surface area contributed by atoms with Crippen molar-refractivity contribution in [2.75, 3.05) is 5.32 Å². The summed E-state index contributed by atoms with van der Waals surface area (Å²) in [6, 6.07) is 12.2. The second-order valence-electron chi connectivity index (χ2n) is 9.02. The van der Waals surface area contributed by atoms with Crippen LogP contribution in [0.4, 0.5) is 5.69 Å². The molecule has 0 fully saturated rings. The SMILES string of the molecule is CCCCC(=O)Nc1cncc(-c2cc3c(-c4cc5c(-c6ccc(C)s6)nccc5[nH]4)n[nH]c3cn2)c1. The Morgan fingerprint density at radius 2 is 1.89 bits per heavy atom. The number of unbranched alkanes of at least 4 members (excludes halogenated alkanes) is 1. The first kappa shape index (κ1) is 23.1. The normalized spacial score (nSPS) is 11.4. The molecule has 0 aromatic carbocycles. The highest BCUT2D eigenvalue weighted by Crippen LogP contribution is 2.36. The van der Waals surface area contributed by atoms with E-state index in [0.29, 0.717) is 12.1 Å². The summed E-state index contributed by atoms with van der Waals surface area (Å²) in [4.78, 5) is 31.7. The van der Waals surface area contributed by atoms with E-state index in [2.05, 4.69) is 67.5 Å². The minimum Gasteiger partial charge on any atom is -0.353 e. The van der Waals surface area contributed by atoms with Gasteiger partial charge in [-0.1, -0.05) is 13.3 Å². The van der Waals surface area contributed by atoms with Gasteiger partial charge in [0.15, 0.2) is 0 Å². The average Bonchev–Trinajstić information content (AvgIpc) is 3.64. The number of aromatic amines is 2. The predicted octanol–water partition coefficient (Wildman–Crippen LogP) is 6.73. The molecule has 0 bridgehead atoms. The predicted molar refractivity (Wildman–Crippen MR) is 148 cm³/mol. The van der Waals surface area contributed by atoms with Crippen LogP contribution in [-0.4, -0.2) is 36.0 Å². The van der Waals surface area contributed by atoms with Crippen molar-refractivity contribution in [2.24, 2.45) is 0 Å². The maximum absolute atomic E-state index is 12.2. The minimum absolute atomic E-state index is 0.00767. The molecule has 0 unspecified atom stereocenters. The number of H-pyrrole nitrogens is 2. The van der Waals surface area contributed by atoms with Crippen LogP contribution in [0.15, 0.2) is 61.2 Å². The van der Waals surface area contributed by atoms with Crippen LogP contribution in [0.3, 0.4) is 0 Å². The van der Waals surface area contributed by atoms with E-state index in [9.17, 15) is 4.79 Å². The zero-order valence-electron chi connectivity index (χ0n) is 20.5. The number of nitrogens with zero attached hydrogens (tertiary/aromatic N) is 4. The van der Waals surface area contributed by atoms with Gasteiger partial charge in [-0.2, -0.15) is 5.10 Å². The molecule has 0 aliphatic heterocycles. The van der Waals surface area contributed by atoms with Gasteiger partial charge < -0.3 is 10.3 Å². The monoisotopic (exact) mass is 507 g/mol. The third-order valence-electron chi connectivity index (χ3n) is 6.30. The Hall–Kier alpha value is -4.37. The summed E-state index contributed by atoms with van der Waals surface area (Å²) in [6.07, 6.45) is 9.34. The lowest BCUT2D eigenvalue weighted by molar-refractivity contribution is -0.116. The first-order valence-corrected chi connectivity index (χ1v) is 13.0. The van der Waals surface area contributed by atoms with E-state index in [1.165, 1.54) is 4.88 Å². The lowest BCUT2D eigenvalue weighted by atomic mass is 10.1. The first-order chi connectivity index (χ1) is 18.1. The fraction of sp³-hybridized carbons (Fsp3) is 0.179. The Morgan fingerprint density at radius 1 is 1.00 bits per heavy atom. The number of thiophene rings is 1. The molecule has 184 valence electrons. The summed E-state index contributed by atoms with van der Waals surface area (Å²) in [5.74, 6) is -0.00767. The second-order valence-corrected chi connectivity index (χ2v) is 10.3. The number of hydrogen-bond donors (Lipinski definition) is 3. The molecule has 3 N–H and O–H groups in total. The molecule has 1 amide bonds. The lowest BCUT2D eigenvalue weighted by Gasteiger charge is -2.07. The van der Waals surface area contributed by atoms with Gasteiger partial charge in [0, 0.05) is 45.5 Å². The summed E-state index contributed by atoms with van der Waals surface area (Å²) in [7, 11) is 0. The smallest absolute Gasteiger partial charge is 0.224 e. The fourth-order valence-corrected chi connectivity index (χ4v) is 5.31. The third kappa shape index (κ3) is 4.49. The molecule has 0 spiro atoms. The van der Waals surface area contributed by atoms with E-state index < -0.39 is 0 Å². The molecule has 0 saturated carbocycles. The summed E-state index contributed by atoms with van der Waals surface area (Å²) >= 11 is 1.73. The van der Waals surface area contributed by atoms with Crippen molar-refractivity contribution in [2.45, 2.75) is 33.1 Å². The Kier molecular flexibility index (Phi) is 5.97. The second kappa shape index (κ2) is 9.59. The van der Waals surface area contributed by atoms with Crippen molar-refractivity contribution in [3.8, 4) is 33.2 Å². The Labute approximate surface area is 217 Å². The molecule has 8 nitrogen and oxygen atoms in total. The van der Waals surface area contributed by atoms with E-state index >= 15 is 0 Å². The number of amides is 1. The summed E-state index contributed by atoms with van der Waals surface area (Å²) in [5, 5.41) is 12.6. The van der Waals surface area contributed by atoms with Crippen LogP contribution >= 0.6 is 11.3 Å². The number of aromatic nitrogens is 6. The number of pyridine rings is 3. The zero-order chi connectivity index (χ0) is 25.4. The molecule has 0 atom stereocenters. The van der Waals surface area contributed by atoms with Gasteiger partial charge in [0.05, 0.1) is 45.6 Å². The van der Waals surface area contributed by atoms with Crippen molar-refractivity contribution >= 4 is 44.7 Å². The van der Waals surface area contributed by atoms with Gasteiger partial charge in [-0.05, 0) is 49.7 Å². The van der Waals surface area contributed by atoms with Crippen molar-refractivity contribution in [3.63, 3.8) is 0 Å². The van der Waals surface area contributed by atoms with Crippen LogP contribution in [0, 0.1) is 6.92 Å². The van der Waals surface area contributed by atoms with E-state index in [0.717, 1.165) is 67.9 Å². The number of carbonyl (C=O) groups is 1. The number of hydrogen-bond acceptors (Lipinski definition) is 6. The van der Waals surface area contributed by atoms with E-state index in [4.69, 9.17) is 0 Å². The van der Waals surface area contributed by atoms with Crippen LogP contribution < -0.4 is 5.32 Å². The zero-order valence-corrected chi connectivity index (χ0v) is 21.3. The molecule has 0 aliphatic carbocycles. The van der Waals surface area contributed by atoms with Crippen molar-refractivity contribution in [1.82, 2.24) is 30.1 Å². The Balaban J connectivity index is 1.37. The Bertz CT molecular complexity index is 1750. The molecule has 0 aliphatic rings. The third-order valence-corrected chi connectivity index (χ3v) is 7.31. The number of carbonyl (C=O) groups excluding carboxylic acids is 1. The summed E-state index contributed by atoms with van der Waals surface area (Å²) < 4.78 is 0. The number of rotatable bonds is 7. The van der Waals surface area contributed by atoms with Crippen molar-refractivity contribution in [3.05, 3.63) is 66.1 Å². The standard InChI is InChI=1S/C28H25N7OS/c1-3-4-5-26(36)32-18-10-17(13-29-14-18)22-11-20-24(15-31-22)34-35-27(20)23-12-19-21(33-23)8-9-30-28(19)25-7-6-16(2)37-25/h6-15,33H,3-5H2,1-2H3,(H,32,36)(H,34,35). The summed E-state index contributed by atoms with van der Waals surface area (Å²) in [6.45, 7) is 4.17. The highest BCUT2D eigenvalue weighted by Gasteiger charge is 2.16. The molecule has 9 heteroatoms. The van der Waals surface area contributed by atoms with Gasteiger partial charge in [0.1, 0.15) is 5.69 Å². The highest BCUT2D eigenvalue weighted by molar-refractivity contribution is 7.15. The highest BCUT2D eigenvalue weighted by atomic mass is 32.1. The number of anilines is 1. The maximum atomic E-state index is 12.2. The van der Waals surface area contributed by atoms with Crippen LogP contribution in [0.5, 0.6) is 0 Å². The summed E-state index contributed by atoms with van der Waals surface area (Å²) in [5.41, 5.74) is 6.74. The van der Waals surface area contributed by atoms with E-state index in [1.807, 2.05) is 24.4 Å². The van der Waals surface area contributed by atoms with E-state index in [-0.39, 0.29) is 5.91 Å². The quantitative estimate of drug-likeness (QED) is 0.222. The molecule has 6 heterocycles. The largest absolute Gasteiger partial charge is 0.353 e. The molecular formula is C28H25N7OS. The topological polar surface area (TPSA) is 112 Å². The molecule has 6 rings (SSSR count). The molecule has 0 radical (unpaired) electrons. The van der Waals surface area contributed by atoms with Gasteiger partial charge in [0.25, 0.3) is 0 Å². The van der Waals surface area contributed by atoms with Crippen LogP contribution in [-0.2, 0) is 4.79 Å². The fourth-order valence-electron chi connectivity index (χ4n) is 4.43. The van der Waals surface area contributed by atoms with Crippen LogP contribution in [0.2, 0.25) is 0 Å². The van der Waals surface area contributed by atoms with Gasteiger partial charge >= 0.3 is 0 Å². The lowest BCUT2D eigenvalue weighted by Crippen LogP contribution is -2.11. The van der Waals surface area contributed by atoms with Crippen molar-refractivity contribution in [1.29, 1.82) is 0 Å². The van der Waals surface area contributed by atoms with Gasteiger partial charge in [-0.3, -0.25) is 24.8 Å².